The Morgan fingerprint density at radius 2 is 2.26 bits per heavy atom. The molecule has 0 atom stereocenters. The van der Waals surface area contributed by atoms with E-state index >= 15 is 0 Å². The maximum atomic E-state index is 6.10. The number of thiazole rings is 1. The summed E-state index contributed by atoms with van der Waals surface area (Å²) in [6, 6.07) is 6.02. The second-order valence-electron chi connectivity index (χ2n) is 4.92. The Bertz CT molecular complexity index is 897. The minimum absolute atomic E-state index is 0.413. The van der Waals surface area contributed by atoms with E-state index in [0.29, 0.717) is 16.0 Å². The summed E-state index contributed by atoms with van der Waals surface area (Å²) in [5.41, 5.74) is 6.82. The van der Waals surface area contributed by atoms with Crippen LogP contribution >= 0.6 is 35.2 Å². The number of nitrogens with one attached hydrogen (secondary N) is 2. The zero-order valence-corrected chi connectivity index (χ0v) is 14.9. The van der Waals surface area contributed by atoms with Crippen LogP contribution in [-0.2, 0) is 0 Å². The molecule has 0 bridgehead atoms. The van der Waals surface area contributed by atoms with Gasteiger partial charge < -0.3 is 5.32 Å². The standard InChI is InChI=1S/C15H14ClN5S2/c1-9-4-3-5-11(10(9)2)18-14(22)20-17-8-12-13(16)19-15-21(12)6-7-23-15/h3-8H,1-2H3,(H2,18,20,22)/b17-8+. The van der Waals surface area contributed by atoms with Crippen molar-refractivity contribution in [3.63, 3.8) is 0 Å². The third kappa shape index (κ3) is 3.36. The third-order valence-corrected chi connectivity index (χ3v) is 4.69. The number of benzene rings is 1. The van der Waals surface area contributed by atoms with Crippen molar-refractivity contribution in [2.24, 2.45) is 5.10 Å². The van der Waals surface area contributed by atoms with E-state index in [2.05, 4.69) is 33.8 Å². The monoisotopic (exact) mass is 363 g/mol. The Hall–Kier alpha value is -1.96. The molecule has 0 saturated heterocycles. The molecule has 0 aliphatic carbocycles. The molecule has 0 amide bonds. The molecule has 3 rings (SSSR count). The third-order valence-electron chi connectivity index (χ3n) is 3.46. The van der Waals surface area contributed by atoms with Crippen LogP contribution in [0.5, 0.6) is 0 Å². The number of aromatic nitrogens is 2. The lowest BCUT2D eigenvalue weighted by Gasteiger charge is -2.11. The van der Waals surface area contributed by atoms with Gasteiger partial charge in [0, 0.05) is 17.3 Å². The SMILES string of the molecule is Cc1cccc(NC(=S)N/N=C/c2c(Cl)nc3sccn23)c1C. The molecule has 0 spiro atoms. The van der Waals surface area contributed by atoms with Gasteiger partial charge >= 0.3 is 0 Å². The van der Waals surface area contributed by atoms with E-state index < -0.39 is 0 Å². The molecule has 8 heteroatoms. The first-order chi connectivity index (χ1) is 11.1. The zero-order chi connectivity index (χ0) is 16.4. The van der Waals surface area contributed by atoms with Crippen molar-refractivity contribution in [1.82, 2.24) is 14.8 Å². The lowest BCUT2D eigenvalue weighted by molar-refractivity contribution is 1.04. The highest BCUT2D eigenvalue weighted by atomic mass is 35.5. The van der Waals surface area contributed by atoms with E-state index in [1.807, 2.05) is 35.0 Å². The first kappa shape index (κ1) is 15.9. The summed E-state index contributed by atoms with van der Waals surface area (Å²) in [6.45, 7) is 4.10. The Morgan fingerprint density at radius 1 is 1.43 bits per heavy atom. The summed E-state index contributed by atoms with van der Waals surface area (Å²) in [5, 5.41) is 10.0. The van der Waals surface area contributed by atoms with Crippen LogP contribution in [0.3, 0.4) is 0 Å². The van der Waals surface area contributed by atoms with Gasteiger partial charge in [-0.2, -0.15) is 5.10 Å². The maximum absolute atomic E-state index is 6.10. The van der Waals surface area contributed by atoms with Gasteiger partial charge in [-0.05, 0) is 43.3 Å². The summed E-state index contributed by atoms with van der Waals surface area (Å²) in [6.07, 6.45) is 3.50. The fourth-order valence-corrected chi connectivity index (χ4v) is 3.23. The van der Waals surface area contributed by atoms with Gasteiger partial charge in [-0.25, -0.2) is 4.98 Å². The Morgan fingerprint density at radius 3 is 3.09 bits per heavy atom. The van der Waals surface area contributed by atoms with Crippen LogP contribution in [0.25, 0.3) is 4.96 Å². The van der Waals surface area contributed by atoms with E-state index in [9.17, 15) is 0 Å². The molecule has 0 unspecified atom stereocenters. The zero-order valence-electron chi connectivity index (χ0n) is 12.5. The average molecular weight is 364 g/mol. The fraction of sp³-hybridized carbons (Fsp3) is 0.133. The number of halogens is 1. The second-order valence-corrected chi connectivity index (χ2v) is 6.55. The maximum Gasteiger partial charge on any atom is 0.195 e. The summed E-state index contributed by atoms with van der Waals surface area (Å²) in [5.74, 6) is 0. The molecule has 5 nitrogen and oxygen atoms in total. The van der Waals surface area contributed by atoms with Gasteiger partial charge in [0.15, 0.2) is 15.2 Å². The number of thiocarbonyl (C=S) groups is 1. The van der Waals surface area contributed by atoms with Crippen LogP contribution in [0.2, 0.25) is 5.15 Å². The summed E-state index contributed by atoms with van der Waals surface area (Å²) in [7, 11) is 0. The lowest BCUT2D eigenvalue weighted by atomic mass is 10.1. The van der Waals surface area contributed by atoms with Crippen LogP contribution < -0.4 is 10.7 Å². The molecule has 2 N–H and O–H groups in total. The van der Waals surface area contributed by atoms with Crippen molar-refractivity contribution in [3.05, 3.63) is 51.7 Å². The van der Waals surface area contributed by atoms with Gasteiger partial charge in [-0.1, -0.05) is 23.7 Å². The molecule has 0 aliphatic heterocycles. The minimum Gasteiger partial charge on any atom is -0.331 e. The Labute approximate surface area is 148 Å². The number of hydrogen-bond acceptors (Lipinski definition) is 4. The topological polar surface area (TPSA) is 53.7 Å². The molecule has 3 aromatic rings. The predicted molar refractivity (Wildman–Crippen MR) is 101 cm³/mol. The van der Waals surface area contributed by atoms with Gasteiger partial charge in [0.05, 0.1) is 6.21 Å². The molecule has 0 radical (unpaired) electrons. The summed E-state index contributed by atoms with van der Waals surface area (Å²) >= 11 is 12.9. The summed E-state index contributed by atoms with van der Waals surface area (Å²) in [4.78, 5) is 5.07. The van der Waals surface area contributed by atoms with Crippen LogP contribution in [0.15, 0.2) is 34.9 Å². The van der Waals surface area contributed by atoms with Gasteiger partial charge in [0.2, 0.25) is 0 Å². The van der Waals surface area contributed by atoms with Gasteiger partial charge in [-0.15, -0.1) is 11.3 Å². The number of rotatable bonds is 3. The van der Waals surface area contributed by atoms with Crippen molar-refractivity contribution in [2.75, 3.05) is 5.32 Å². The van der Waals surface area contributed by atoms with Crippen molar-refractivity contribution in [1.29, 1.82) is 0 Å². The molecule has 2 aromatic heterocycles. The highest BCUT2D eigenvalue weighted by Crippen LogP contribution is 2.20. The Balaban J connectivity index is 1.68. The first-order valence-electron chi connectivity index (χ1n) is 6.83. The highest BCUT2D eigenvalue weighted by Gasteiger charge is 2.09. The molecule has 118 valence electrons. The number of hydrazone groups is 1. The van der Waals surface area contributed by atoms with Crippen molar-refractivity contribution < 1.29 is 0 Å². The molecule has 23 heavy (non-hydrogen) atoms. The molecule has 2 heterocycles. The number of nitrogens with zero attached hydrogens (tertiary/aromatic N) is 3. The van der Waals surface area contributed by atoms with Crippen LogP contribution in [0, 0.1) is 13.8 Å². The summed E-state index contributed by atoms with van der Waals surface area (Å²) < 4.78 is 1.87. The molecular formula is C15H14ClN5S2. The quantitative estimate of drug-likeness (QED) is 0.420. The smallest absolute Gasteiger partial charge is 0.195 e. The van der Waals surface area contributed by atoms with Gasteiger partial charge in [0.1, 0.15) is 5.69 Å². The van der Waals surface area contributed by atoms with E-state index in [-0.39, 0.29) is 0 Å². The molecule has 0 aliphatic rings. The largest absolute Gasteiger partial charge is 0.331 e. The first-order valence-corrected chi connectivity index (χ1v) is 8.50. The van der Waals surface area contributed by atoms with E-state index in [4.69, 9.17) is 23.8 Å². The fourth-order valence-electron chi connectivity index (χ4n) is 2.08. The predicted octanol–water partition coefficient (Wildman–Crippen LogP) is 3.99. The van der Waals surface area contributed by atoms with Crippen LogP contribution in [0.4, 0.5) is 5.69 Å². The molecule has 0 fully saturated rings. The van der Waals surface area contributed by atoms with E-state index in [1.165, 1.54) is 16.9 Å². The van der Waals surface area contributed by atoms with E-state index in [1.54, 1.807) is 6.21 Å². The normalized spacial score (nSPS) is 11.3. The van der Waals surface area contributed by atoms with Crippen molar-refractivity contribution >= 4 is 57.1 Å². The van der Waals surface area contributed by atoms with Crippen molar-refractivity contribution in [2.45, 2.75) is 13.8 Å². The molecular weight excluding hydrogens is 350 g/mol. The van der Waals surface area contributed by atoms with Crippen LogP contribution in [0.1, 0.15) is 16.8 Å². The van der Waals surface area contributed by atoms with Crippen molar-refractivity contribution in [3.8, 4) is 0 Å². The lowest BCUT2D eigenvalue weighted by Crippen LogP contribution is -2.24. The number of fused-ring (bicyclic) bond motifs is 1. The average Bonchev–Trinajstić information content (AvgIpc) is 3.06. The number of anilines is 1. The molecule has 0 saturated carbocycles. The highest BCUT2D eigenvalue weighted by molar-refractivity contribution is 7.80. The molecule has 1 aromatic carbocycles. The van der Waals surface area contributed by atoms with E-state index in [0.717, 1.165) is 16.2 Å². The second kappa shape index (κ2) is 6.66. The number of hydrogen-bond donors (Lipinski definition) is 2. The van der Waals surface area contributed by atoms with Crippen LogP contribution in [-0.4, -0.2) is 20.7 Å². The van der Waals surface area contributed by atoms with Gasteiger partial charge in [0.25, 0.3) is 0 Å². The Kier molecular flexibility index (Phi) is 4.61. The number of imidazole rings is 1. The van der Waals surface area contributed by atoms with Gasteiger partial charge in [-0.3, -0.25) is 9.83 Å². The minimum atomic E-state index is 0.413. The number of aryl methyl sites for hydroxylation is 1.